The maximum atomic E-state index is 5.48. The number of nitrogens with zero attached hydrogens (tertiary/aromatic N) is 1. The Kier molecular flexibility index (Phi) is 5.83. The average Bonchev–Trinajstić information content (AvgIpc) is 2.53. The first-order valence-corrected chi connectivity index (χ1v) is 7.24. The van der Waals surface area contributed by atoms with Crippen LogP contribution in [-0.4, -0.2) is 19.9 Å². The third-order valence-electron chi connectivity index (χ3n) is 3.08. The Balaban J connectivity index is 1.95. The molecule has 4 heteroatoms. The maximum absolute atomic E-state index is 5.48. The Hall–Kier alpha value is -2.49. The van der Waals surface area contributed by atoms with Crippen molar-refractivity contribution in [1.82, 2.24) is 0 Å². The maximum Gasteiger partial charge on any atom is 0.161 e. The molecule has 0 aromatic heterocycles. The van der Waals surface area contributed by atoms with Crippen molar-refractivity contribution in [2.45, 2.75) is 20.5 Å². The Morgan fingerprint density at radius 2 is 1.95 bits per heavy atom. The van der Waals surface area contributed by atoms with E-state index in [2.05, 4.69) is 24.2 Å². The van der Waals surface area contributed by atoms with Crippen molar-refractivity contribution < 1.29 is 14.3 Å². The van der Waals surface area contributed by atoms with E-state index in [0.717, 1.165) is 16.9 Å². The van der Waals surface area contributed by atoms with Crippen LogP contribution in [0.15, 0.2) is 47.6 Å². The van der Waals surface area contributed by atoms with Crippen molar-refractivity contribution in [3.63, 3.8) is 0 Å². The molecule has 0 heterocycles. The number of methoxy groups -OCH3 is 1. The lowest BCUT2D eigenvalue weighted by Gasteiger charge is -2.09. The summed E-state index contributed by atoms with van der Waals surface area (Å²) in [6, 6.07) is 13.8. The minimum Gasteiger partial charge on any atom is -0.493 e. The van der Waals surface area contributed by atoms with Gasteiger partial charge in [0.1, 0.15) is 6.61 Å². The Bertz CT molecular complexity index is 638. The molecule has 0 aliphatic rings. The summed E-state index contributed by atoms with van der Waals surface area (Å²) in [5.74, 6) is 1.41. The first-order chi connectivity index (χ1) is 10.7. The second-order valence-electron chi connectivity index (χ2n) is 4.84. The smallest absolute Gasteiger partial charge is 0.161 e. The van der Waals surface area contributed by atoms with Crippen molar-refractivity contribution in [2.24, 2.45) is 5.16 Å². The highest BCUT2D eigenvalue weighted by atomic mass is 16.6. The van der Waals surface area contributed by atoms with Gasteiger partial charge in [-0.2, -0.15) is 0 Å². The van der Waals surface area contributed by atoms with Gasteiger partial charge >= 0.3 is 0 Å². The number of aryl methyl sites for hydroxylation is 1. The molecule has 0 spiro atoms. The zero-order valence-electron chi connectivity index (χ0n) is 13.2. The van der Waals surface area contributed by atoms with Crippen LogP contribution in [0.3, 0.4) is 0 Å². The second-order valence-corrected chi connectivity index (χ2v) is 4.84. The van der Waals surface area contributed by atoms with E-state index in [1.54, 1.807) is 13.3 Å². The lowest BCUT2D eigenvalue weighted by molar-refractivity contribution is 0.132. The largest absolute Gasteiger partial charge is 0.493 e. The molecule has 0 atom stereocenters. The molecule has 0 bridgehead atoms. The highest BCUT2D eigenvalue weighted by Crippen LogP contribution is 2.27. The molecule has 0 aliphatic carbocycles. The molecular formula is C18H21NO3. The van der Waals surface area contributed by atoms with E-state index in [1.807, 2.05) is 37.3 Å². The lowest BCUT2D eigenvalue weighted by atomic mass is 10.1. The zero-order valence-corrected chi connectivity index (χ0v) is 13.2. The minimum absolute atomic E-state index is 0.451. The summed E-state index contributed by atoms with van der Waals surface area (Å²) in [5, 5.41) is 4.00. The van der Waals surface area contributed by atoms with Gasteiger partial charge in [0.25, 0.3) is 0 Å². The highest BCUT2D eigenvalue weighted by molar-refractivity contribution is 5.80. The molecule has 0 radical (unpaired) electrons. The molecule has 0 amide bonds. The van der Waals surface area contributed by atoms with E-state index in [-0.39, 0.29) is 0 Å². The van der Waals surface area contributed by atoms with Crippen molar-refractivity contribution in [3.05, 3.63) is 59.2 Å². The van der Waals surface area contributed by atoms with E-state index in [9.17, 15) is 0 Å². The zero-order chi connectivity index (χ0) is 15.8. The molecule has 0 N–H and O–H groups in total. The van der Waals surface area contributed by atoms with Crippen LogP contribution in [-0.2, 0) is 11.4 Å². The Morgan fingerprint density at radius 3 is 2.68 bits per heavy atom. The van der Waals surface area contributed by atoms with E-state index in [4.69, 9.17) is 14.3 Å². The van der Waals surface area contributed by atoms with Crippen LogP contribution < -0.4 is 9.47 Å². The molecule has 0 unspecified atom stereocenters. The molecule has 0 aliphatic heterocycles. The SMILES string of the molecule is CCOc1ccc(/C=N/OCc2cccc(C)c2)cc1OC. The van der Waals surface area contributed by atoms with E-state index in [1.165, 1.54) is 5.56 Å². The minimum atomic E-state index is 0.451. The van der Waals surface area contributed by atoms with Crippen LogP contribution in [0.1, 0.15) is 23.6 Å². The topological polar surface area (TPSA) is 40.0 Å². The molecule has 116 valence electrons. The molecule has 22 heavy (non-hydrogen) atoms. The summed E-state index contributed by atoms with van der Waals surface area (Å²) in [7, 11) is 1.62. The first kappa shape index (κ1) is 15.9. The van der Waals surface area contributed by atoms with Gasteiger partial charge in [-0.3, -0.25) is 0 Å². The third-order valence-corrected chi connectivity index (χ3v) is 3.08. The Labute approximate surface area is 131 Å². The molecular weight excluding hydrogens is 278 g/mol. The van der Waals surface area contributed by atoms with Gasteiger partial charge < -0.3 is 14.3 Å². The molecule has 2 aromatic carbocycles. The van der Waals surface area contributed by atoms with Gasteiger partial charge in [-0.15, -0.1) is 0 Å². The van der Waals surface area contributed by atoms with Crippen molar-refractivity contribution in [2.75, 3.05) is 13.7 Å². The van der Waals surface area contributed by atoms with Gasteiger partial charge in [-0.25, -0.2) is 0 Å². The summed E-state index contributed by atoms with van der Waals surface area (Å²) < 4.78 is 10.8. The Morgan fingerprint density at radius 1 is 1.09 bits per heavy atom. The van der Waals surface area contributed by atoms with Crippen molar-refractivity contribution in [1.29, 1.82) is 0 Å². The van der Waals surface area contributed by atoms with Crippen LogP contribution in [0.2, 0.25) is 0 Å². The third kappa shape index (κ3) is 4.52. The molecule has 4 nitrogen and oxygen atoms in total. The summed E-state index contributed by atoms with van der Waals surface area (Å²) in [4.78, 5) is 5.33. The molecule has 2 aromatic rings. The van der Waals surface area contributed by atoms with E-state index < -0.39 is 0 Å². The van der Waals surface area contributed by atoms with Gasteiger partial charge in [0.15, 0.2) is 11.5 Å². The number of rotatable bonds is 7. The summed E-state index contributed by atoms with van der Waals surface area (Å²) in [5.41, 5.74) is 3.20. The summed E-state index contributed by atoms with van der Waals surface area (Å²) >= 11 is 0. The highest BCUT2D eigenvalue weighted by Gasteiger charge is 2.04. The van der Waals surface area contributed by atoms with Crippen LogP contribution in [0.4, 0.5) is 0 Å². The fraction of sp³-hybridized carbons (Fsp3) is 0.278. The fourth-order valence-corrected chi connectivity index (χ4v) is 2.05. The number of hydrogen-bond acceptors (Lipinski definition) is 4. The lowest BCUT2D eigenvalue weighted by Crippen LogP contribution is -1.96. The molecule has 0 saturated carbocycles. The van der Waals surface area contributed by atoms with Crippen LogP contribution >= 0.6 is 0 Å². The number of benzene rings is 2. The van der Waals surface area contributed by atoms with Crippen molar-refractivity contribution >= 4 is 6.21 Å². The predicted octanol–water partition coefficient (Wildman–Crippen LogP) is 3.95. The van der Waals surface area contributed by atoms with Gasteiger partial charge in [0, 0.05) is 5.56 Å². The van der Waals surface area contributed by atoms with Crippen LogP contribution in [0.25, 0.3) is 0 Å². The molecule has 2 rings (SSSR count). The monoisotopic (exact) mass is 299 g/mol. The van der Waals surface area contributed by atoms with E-state index >= 15 is 0 Å². The summed E-state index contributed by atoms with van der Waals surface area (Å²) in [6.07, 6.45) is 1.66. The standard InChI is InChI=1S/C18H21NO3/c1-4-21-17-9-8-15(11-18(17)20-3)12-19-22-13-16-7-5-6-14(2)10-16/h5-12H,4,13H2,1-3H3/b19-12+. The predicted molar refractivity (Wildman–Crippen MR) is 87.7 cm³/mol. The van der Waals surface area contributed by atoms with Gasteiger partial charge in [-0.05, 0) is 37.6 Å². The molecule has 0 saturated heterocycles. The fourth-order valence-electron chi connectivity index (χ4n) is 2.05. The number of hydrogen-bond donors (Lipinski definition) is 0. The number of ether oxygens (including phenoxy) is 2. The number of oxime groups is 1. The first-order valence-electron chi connectivity index (χ1n) is 7.24. The average molecular weight is 299 g/mol. The van der Waals surface area contributed by atoms with Crippen LogP contribution in [0.5, 0.6) is 11.5 Å². The van der Waals surface area contributed by atoms with Gasteiger partial charge in [0.05, 0.1) is 19.9 Å². The van der Waals surface area contributed by atoms with Gasteiger partial charge in [0.2, 0.25) is 0 Å². The molecule has 0 fully saturated rings. The van der Waals surface area contributed by atoms with Crippen molar-refractivity contribution in [3.8, 4) is 11.5 Å². The summed E-state index contributed by atoms with van der Waals surface area (Å²) in [6.45, 7) is 5.04. The second kappa shape index (κ2) is 8.08. The van der Waals surface area contributed by atoms with E-state index in [0.29, 0.717) is 19.0 Å². The normalized spacial score (nSPS) is 10.7. The quantitative estimate of drug-likeness (QED) is 0.574. The van der Waals surface area contributed by atoms with Crippen LogP contribution in [0, 0.1) is 6.92 Å². The van der Waals surface area contributed by atoms with Gasteiger partial charge in [-0.1, -0.05) is 35.0 Å².